The van der Waals surface area contributed by atoms with Crippen LogP contribution in [-0.4, -0.2) is 27.0 Å². The molecule has 0 fully saturated rings. The van der Waals surface area contributed by atoms with Gasteiger partial charge in [0.2, 0.25) is 0 Å². The molecule has 0 aliphatic heterocycles. The van der Waals surface area contributed by atoms with Crippen LogP contribution in [0.15, 0.2) is 40.9 Å². The molecule has 134 valence electrons. The maximum absolute atomic E-state index is 12.2. The summed E-state index contributed by atoms with van der Waals surface area (Å²) >= 11 is 8.22. The smallest absolute Gasteiger partial charge is 0.337 e. The number of anilines is 1. The van der Waals surface area contributed by atoms with E-state index in [9.17, 15) is 24.8 Å². The number of rotatable bonds is 4. The molecule has 2 aromatic rings. The highest BCUT2D eigenvalue weighted by Gasteiger charge is 2.16. The van der Waals surface area contributed by atoms with Gasteiger partial charge in [0.05, 0.1) is 16.2 Å². The van der Waals surface area contributed by atoms with E-state index in [0.29, 0.717) is 10.0 Å². The number of nitrogens with one attached hydrogen (secondary N) is 2. The van der Waals surface area contributed by atoms with Crippen LogP contribution in [0.25, 0.3) is 0 Å². The average Bonchev–Trinajstić information content (AvgIpc) is 2.55. The van der Waals surface area contributed by atoms with Gasteiger partial charge in [-0.25, -0.2) is 4.79 Å². The number of hydrogen-bond acceptors (Lipinski definition) is 5. The van der Waals surface area contributed by atoms with Gasteiger partial charge >= 0.3 is 5.97 Å². The first-order chi connectivity index (χ1) is 12.2. The maximum atomic E-state index is 12.2. The summed E-state index contributed by atoms with van der Waals surface area (Å²) in [4.78, 5) is 33.8. The molecule has 1 amide bonds. The van der Waals surface area contributed by atoms with Gasteiger partial charge < -0.3 is 10.4 Å². The van der Waals surface area contributed by atoms with Crippen molar-refractivity contribution in [2.75, 3.05) is 5.32 Å². The van der Waals surface area contributed by atoms with E-state index in [0.717, 1.165) is 0 Å². The van der Waals surface area contributed by atoms with Gasteiger partial charge in [0.15, 0.2) is 5.11 Å². The summed E-state index contributed by atoms with van der Waals surface area (Å²) in [6, 6.07) is 8.44. The minimum absolute atomic E-state index is 0.0258. The Balaban J connectivity index is 2.13. The number of nitro benzene ring substituents is 1. The third-order valence-electron chi connectivity index (χ3n) is 3.34. The molecule has 0 heterocycles. The van der Waals surface area contributed by atoms with E-state index in [4.69, 9.17) is 12.2 Å². The van der Waals surface area contributed by atoms with Gasteiger partial charge in [0, 0.05) is 21.7 Å². The topological polar surface area (TPSA) is 122 Å². The van der Waals surface area contributed by atoms with Crippen LogP contribution in [0, 0.1) is 17.0 Å². The fourth-order valence-electron chi connectivity index (χ4n) is 2.13. The van der Waals surface area contributed by atoms with Crippen molar-refractivity contribution >= 4 is 56.5 Å². The van der Waals surface area contributed by atoms with Crippen LogP contribution in [0.1, 0.15) is 26.3 Å². The second-order valence-corrected chi connectivity index (χ2v) is 6.49. The van der Waals surface area contributed by atoms with Crippen LogP contribution >= 0.6 is 28.1 Å². The molecular formula is C16H12BrN3O5S. The summed E-state index contributed by atoms with van der Waals surface area (Å²) in [6.07, 6.45) is 0. The maximum Gasteiger partial charge on any atom is 0.337 e. The van der Waals surface area contributed by atoms with Crippen molar-refractivity contribution in [2.45, 2.75) is 6.92 Å². The number of carboxylic acid groups (broad SMARTS) is 1. The Bertz CT molecular complexity index is 932. The normalized spacial score (nSPS) is 10.1. The number of carbonyl (C=O) groups excluding carboxylic acids is 1. The van der Waals surface area contributed by atoms with E-state index in [1.807, 2.05) is 0 Å². The van der Waals surface area contributed by atoms with Crippen molar-refractivity contribution in [3.05, 3.63) is 67.7 Å². The minimum Gasteiger partial charge on any atom is -0.478 e. The van der Waals surface area contributed by atoms with E-state index >= 15 is 0 Å². The number of aryl methyl sites for hydroxylation is 1. The van der Waals surface area contributed by atoms with Crippen molar-refractivity contribution in [3.63, 3.8) is 0 Å². The zero-order valence-corrected chi connectivity index (χ0v) is 15.7. The molecule has 0 aliphatic carbocycles. The molecule has 26 heavy (non-hydrogen) atoms. The standard InChI is InChI=1S/C16H12BrN3O5S/c1-8-6-9(2-5-13(8)20(24)25)14(21)19-16(26)18-12-4-3-10(17)7-11(12)15(22)23/h2-7H,1H3,(H,22,23)(H2,18,19,21,26). The van der Waals surface area contributed by atoms with Gasteiger partial charge in [0.1, 0.15) is 0 Å². The number of nitrogens with zero attached hydrogens (tertiary/aromatic N) is 1. The zero-order chi connectivity index (χ0) is 19.4. The molecule has 3 N–H and O–H groups in total. The summed E-state index contributed by atoms with van der Waals surface area (Å²) in [5.74, 6) is -1.73. The minimum atomic E-state index is -1.16. The number of carboxylic acids is 1. The molecule has 0 unspecified atom stereocenters. The van der Waals surface area contributed by atoms with Gasteiger partial charge in [-0.1, -0.05) is 15.9 Å². The van der Waals surface area contributed by atoms with E-state index in [2.05, 4.69) is 26.6 Å². The highest BCUT2D eigenvalue weighted by atomic mass is 79.9. The first-order valence-electron chi connectivity index (χ1n) is 7.09. The Morgan fingerprint density at radius 3 is 2.50 bits per heavy atom. The molecule has 0 aliphatic rings. The molecular weight excluding hydrogens is 426 g/mol. The number of hydrogen-bond donors (Lipinski definition) is 3. The van der Waals surface area contributed by atoms with E-state index in [1.54, 1.807) is 6.07 Å². The Labute approximate surface area is 161 Å². The Kier molecular flexibility index (Phi) is 6.01. The zero-order valence-electron chi connectivity index (χ0n) is 13.3. The predicted molar refractivity (Wildman–Crippen MR) is 103 cm³/mol. The van der Waals surface area contributed by atoms with Crippen LogP contribution in [0.2, 0.25) is 0 Å². The van der Waals surface area contributed by atoms with Crippen molar-refractivity contribution < 1.29 is 19.6 Å². The molecule has 10 heteroatoms. The number of halogens is 1. The summed E-state index contributed by atoms with van der Waals surface area (Å²) in [5, 5.41) is 25.0. The van der Waals surface area contributed by atoms with Crippen LogP contribution in [-0.2, 0) is 0 Å². The van der Waals surface area contributed by atoms with Gasteiger partial charge in [-0.05, 0) is 49.5 Å². The van der Waals surface area contributed by atoms with Gasteiger partial charge in [-0.2, -0.15) is 0 Å². The molecule has 0 atom stereocenters. The molecule has 2 rings (SSSR count). The lowest BCUT2D eigenvalue weighted by molar-refractivity contribution is -0.385. The third-order valence-corrected chi connectivity index (χ3v) is 4.04. The first-order valence-corrected chi connectivity index (χ1v) is 8.29. The second-order valence-electron chi connectivity index (χ2n) is 5.16. The quantitative estimate of drug-likeness (QED) is 0.380. The van der Waals surface area contributed by atoms with Crippen molar-refractivity contribution in [1.82, 2.24) is 5.32 Å². The van der Waals surface area contributed by atoms with Gasteiger partial charge in [-0.15, -0.1) is 0 Å². The number of carbonyl (C=O) groups is 2. The highest BCUT2D eigenvalue weighted by Crippen LogP contribution is 2.21. The van der Waals surface area contributed by atoms with Crippen LogP contribution in [0.4, 0.5) is 11.4 Å². The molecule has 0 radical (unpaired) electrons. The van der Waals surface area contributed by atoms with Crippen molar-refractivity contribution in [2.24, 2.45) is 0 Å². The summed E-state index contributed by atoms with van der Waals surface area (Å²) in [7, 11) is 0. The molecule has 0 saturated heterocycles. The van der Waals surface area contributed by atoms with Gasteiger partial charge in [0.25, 0.3) is 11.6 Å². The lowest BCUT2D eigenvalue weighted by Crippen LogP contribution is -2.34. The molecule has 0 spiro atoms. The fourth-order valence-corrected chi connectivity index (χ4v) is 2.70. The number of thiocarbonyl (C=S) groups is 1. The monoisotopic (exact) mass is 437 g/mol. The van der Waals surface area contributed by atoms with Crippen molar-refractivity contribution in [3.8, 4) is 0 Å². The van der Waals surface area contributed by atoms with Crippen LogP contribution in [0.5, 0.6) is 0 Å². The Morgan fingerprint density at radius 1 is 1.23 bits per heavy atom. The lowest BCUT2D eigenvalue weighted by atomic mass is 10.1. The van der Waals surface area contributed by atoms with Crippen LogP contribution in [0.3, 0.4) is 0 Å². The van der Waals surface area contributed by atoms with E-state index in [1.165, 1.54) is 37.3 Å². The van der Waals surface area contributed by atoms with Gasteiger partial charge in [-0.3, -0.25) is 20.2 Å². The second kappa shape index (κ2) is 8.02. The number of aromatic carboxylic acids is 1. The SMILES string of the molecule is Cc1cc(C(=O)NC(=S)Nc2ccc(Br)cc2C(=O)O)ccc1[N+](=O)[O-]. The van der Waals surface area contributed by atoms with E-state index in [-0.39, 0.29) is 27.6 Å². The Morgan fingerprint density at radius 2 is 1.92 bits per heavy atom. The summed E-state index contributed by atoms with van der Waals surface area (Å²) in [6.45, 7) is 1.52. The van der Waals surface area contributed by atoms with E-state index < -0.39 is 16.8 Å². The average molecular weight is 438 g/mol. The first kappa shape index (κ1) is 19.5. The summed E-state index contributed by atoms with van der Waals surface area (Å²) < 4.78 is 0.580. The number of nitro groups is 1. The highest BCUT2D eigenvalue weighted by molar-refractivity contribution is 9.10. The predicted octanol–water partition coefficient (Wildman–Crippen LogP) is 3.49. The summed E-state index contributed by atoms with van der Waals surface area (Å²) in [5.41, 5.74) is 0.616. The fraction of sp³-hybridized carbons (Fsp3) is 0.0625. The van der Waals surface area contributed by atoms with Crippen LogP contribution < -0.4 is 10.6 Å². The molecule has 2 aromatic carbocycles. The molecule has 0 bridgehead atoms. The lowest BCUT2D eigenvalue weighted by Gasteiger charge is -2.12. The molecule has 0 saturated carbocycles. The number of benzene rings is 2. The van der Waals surface area contributed by atoms with Crippen molar-refractivity contribution in [1.29, 1.82) is 0 Å². The third kappa shape index (κ3) is 4.61. The largest absolute Gasteiger partial charge is 0.478 e. The number of amides is 1. The molecule has 8 nitrogen and oxygen atoms in total. The Hall–Kier alpha value is -2.85. The molecule has 0 aromatic heterocycles.